The molecule has 4 heteroatoms. The van der Waals surface area contributed by atoms with Crippen molar-refractivity contribution < 1.29 is 9.59 Å². The number of carbonyl (C=O) groups excluding carboxylic acids is 2. The summed E-state index contributed by atoms with van der Waals surface area (Å²) in [4.78, 5) is 24.0. The van der Waals surface area contributed by atoms with Crippen LogP contribution in [0.5, 0.6) is 0 Å². The van der Waals surface area contributed by atoms with Crippen LogP contribution in [0.2, 0.25) is 0 Å². The van der Waals surface area contributed by atoms with Gasteiger partial charge in [-0.3, -0.25) is 9.59 Å². The van der Waals surface area contributed by atoms with Gasteiger partial charge in [-0.25, -0.2) is 0 Å². The number of hydrogen-bond donors (Lipinski definition) is 2. The number of amides is 2. The van der Waals surface area contributed by atoms with Crippen LogP contribution < -0.4 is 10.6 Å². The molecule has 2 aromatic rings. The van der Waals surface area contributed by atoms with Crippen molar-refractivity contribution in [3.8, 4) is 0 Å². The highest BCUT2D eigenvalue weighted by Gasteiger charge is 2.10. The topological polar surface area (TPSA) is 58.2 Å². The van der Waals surface area contributed by atoms with Gasteiger partial charge in [-0.15, -0.1) is 0 Å². The third-order valence-electron chi connectivity index (χ3n) is 3.32. The van der Waals surface area contributed by atoms with Gasteiger partial charge in [0.25, 0.3) is 11.8 Å². The van der Waals surface area contributed by atoms with Gasteiger partial charge in [0.1, 0.15) is 0 Å². The second-order valence-corrected chi connectivity index (χ2v) is 4.89. The number of nitrogens with one attached hydrogen (secondary N) is 2. The van der Waals surface area contributed by atoms with Crippen LogP contribution in [0.25, 0.3) is 0 Å². The van der Waals surface area contributed by atoms with Crippen LogP contribution in [0.15, 0.2) is 54.6 Å². The molecule has 0 saturated heterocycles. The molecule has 0 saturated carbocycles. The van der Waals surface area contributed by atoms with Crippen molar-refractivity contribution in [1.29, 1.82) is 0 Å². The zero-order chi connectivity index (χ0) is 15.8. The van der Waals surface area contributed by atoms with Gasteiger partial charge in [-0.05, 0) is 37.1 Å². The molecule has 2 rings (SSSR count). The molecule has 0 aliphatic heterocycles. The van der Waals surface area contributed by atoms with Gasteiger partial charge in [0.2, 0.25) is 0 Å². The highest BCUT2D eigenvalue weighted by atomic mass is 16.2. The molecule has 4 nitrogen and oxygen atoms in total. The van der Waals surface area contributed by atoms with Crippen LogP contribution in [0.4, 0.5) is 0 Å². The maximum Gasteiger partial charge on any atom is 0.251 e. The van der Waals surface area contributed by atoms with Crippen molar-refractivity contribution in [2.75, 3.05) is 13.1 Å². The van der Waals surface area contributed by atoms with Crippen LogP contribution in [0, 0.1) is 0 Å². The Morgan fingerprint density at radius 2 is 1.55 bits per heavy atom. The normalized spacial score (nSPS) is 10.0. The molecule has 2 N–H and O–H groups in total. The smallest absolute Gasteiger partial charge is 0.251 e. The molecule has 0 radical (unpaired) electrons. The summed E-state index contributed by atoms with van der Waals surface area (Å²) in [5.41, 5.74) is 2.24. The van der Waals surface area contributed by atoms with Gasteiger partial charge in [0.05, 0.1) is 0 Å². The highest BCUT2D eigenvalue weighted by Crippen LogP contribution is 2.09. The van der Waals surface area contributed by atoms with Crippen molar-refractivity contribution in [2.45, 2.75) is 13.3 Å². The van der Waals surface area contributed by atoms with Gasteiger partial charge >= 0.3 is 0 Å². The maximum atomic E-state index is 12.0. The standard InChI is InChI=1S/C18H20N2O2/c1-2-19-18(22)16-11-7-6-8-14(16)12-13-20-17(21)15-9-4-3-5-10-15/h3-11H,2,12-13H2,1H3,(H,19,22)(H,20,21). The molecule has 0 bridgehead atoms. The van der Waals surface area contributed by atoms with E-state index in [9.17, 15) is 9.59 Å². The van der Waals surface area contributed by atoms with E-state index in [1.807, 2.05) is 43.3 Å². The summed E-state index contributed by atoms with van der Waals surface area (Å²) < 4.78 is 0. The van der Waals surface area contributed by atoms with Crippen molar-refractivity contribution in [3.05, 3.63) is 71.3 Å². The Morgan fingerprint density at radius 3 is 2.27 bits per heavy atom. The minimum absolute atomic E-state index is 0.0764. The third-order valence-corrected chi connectivity index (χ3v) is 3.32. The van der Waals surface area contributed by atoms with Gasteiger partial charge in [-0.2, -0.15) is 0 Å². The highest BCUT2D eigenvalue weighted by molar-refractivity contribution is 5.96. The molecule has 0 aliphatic carbocycles. The fraction of sp³-hybridized carbons (Fsp3) is 0.222. The Morgan fingerprint density at radius 1 is 0.864 bits per heavy atom. The summed E-state index contributed by atoms with van der Waals surface area (Å²) in [6, 6.07) is 16.6. The minimum Gasteiger partial charge on any atom is -0.352 e. The first-order valence-electron chi connectivity index (χ1n) is 7.41. The molecule has 0 heterocycles. The molecule has 0 spiro atoms. The van der Waals surface area contributed by atoms with Crippen molar-refractivity contribution in [3.63, 3.8) is 0 Å². The van der Waals surface area contributed by atoms with E-state index in [0.29, 0.717) is 30.6 Å². The molecule has 0 aliphatic rings. The monoisotopic (exact) mass is 296 g/mol. The first-order chi connectivity index (χ1) is 10.7. The largest absolute Gasteiger partial charge is 0.352 e. The van der Waals surface area contributed by atoms with E-state index in [-0.39, 0.29) is 11.8 Å². The van der Waals surface area contributed by atoms with Crippen molar-refractivity contribution in [2.24, 2.45) is 0 Å². The summed E-state index contributed by atoms with van der Waals surface area (Å²) in [6.45, 7) is 2.97. The molecule has 0 unspecified atom stereocenters. The fourth-order valence-electron chi connectivity index (χ4n) is 2.22. The number of carbonyl (C=O) groups is 2. The van der Waals surface area contributed by atoms with Gasteiger partial charge < -0.3 is 10.6 Å². The fourth-order valence-corrected chi connectivity index (χ4v) is 2.22. The SMILES string of the molecule is CCNC(=O)c1ccccc1CCNC(=O)c1ccccc1. The Labute approximate surface area is 130 Å². The lowest BCUT2D eigenvalue weighted by Crippen LogP contribution is -2.27. The molecule has 2 aromatic carbocycles. The summed E-state index contributed by atoms with van der Waals surface area (Å²) >= 11 is 0. The van der Waals surface area contributed by atoms with E-state index >= 15 is 0 Å². The third kappa shape index (κ3) is 4.19. The molecule has 22 heavy (non-hydrogen) atoms. The molecule has 114 valence electrons. The average Bonchev–Trinajstić information content (AvgIpc) is 2.56. The van der Waals surface area contributed by atoms with Crippen LogP contribution in [0.3, 0.4) is 0 Å². The van der Waals surface area contributed by atoms with Crippen LogP contribution in [-0.4, -0.2) is 24.9 Å². The van der Waals surface area contributed by atoms with E-state index < -0.39 is 0 Å². The quantitative estimate of drug-likeness (QED) is 0.860. The van der Waals surface area contributed by atoms with E-state index in [4.69, 9.17) is 0 Å². The van der Waals surface area contributed by atoms with E-state index in [2.05, 4.69) is 10.6 Å². The summed E-state index contributed by atoms with van der Waals surface area (Å²) in [5, 5.41) is 5.68. The van der Waals surface area contributed by atoms with E-state index in [0.717, 1.165) is 5.56 Å². The first-order valence-corrected chi connectivity index (χ1v) is 7.41. The Balaban J connectivity index is 1.95. The molecule has 0 aromatic heterocycles. The average molecular weight is 296 g/mol. The van der Waals surface area contributed by atoms with E-state index in [1.165, 1.54) is 0 Å². The molecular weight excluding hydrogens is 276 g/mol. The second kappa shape index (κ2) is 7.98. The van der Waals surface area contributed by atoms with Gasteiger partial charge in [0, 0.05) is 24.2 Å². The zero-order valence-electron chi connectivity index (χ0n) is 12.6. The lowest BCUT2D eigenvalue weighted by molar-refractivity contribution is 0.0949. The Hall–Kier alpha value is -2.62. The Bertz CT molecular complexity index is 639. The minimum atomic E-state index is -0.101. The number of benzene rings is 2. The van der Waals surface area contributed by atoms with E-state index in [1.54, 1.807) is 18.2 Å². The van der Waals surface area contributed by atoms with Gasteiger partial charge in [0.15, 0.2) is 0 Å². The molecular formula is C18H20N2O2. The zero-order valence-corrected chi connectivity index (χ0v) is 12.6. The van der Waals surface area contributed by atoms with Crippen LogP contribution in [0.1, 0.15) is 33.2 Å². The summed E-state index contributed by atoms with van der Waals surface area (Å²) in [6.07, 6.45) is 0.617. The predicted octanol–water partition coefficient (Wildman–Crippen LogP) is 2.41. The van der Waals surface area contributed by atoms with Crippen molar-refractivity contribution in [1.82, 2.24) is 10.6 Å². The van der Waals surface area contributed by atoms with Crippen LogP contribution in [-0.2, 0) is 6.42 Å². The van der Waals surface area contributed by atoms with Crippen molar-refractivity contribution >= 4 is 11.8 Å². The molecule has 0 atom stereocenters. The van der Waals surface area contributed by atoms with Crippen LogP contribution >= 0.6 is 0 Å². The lowest BCUT2D eigenvalue weighted by atomic mass is 10.0. The maximum absolute atomic E-state index is 12.0. The molecule has 0 fully saturated rings. The lowest BCUT2D eigenvalue weighted by Gasteiger charge is -2.10. The first kappa shape index (κ1) is 15.8. The number of rotatable bonds is 6. The second-order valence-electron chi connectivity index (χ2n) is 4.89. The summed E-state index contributed by atoms with van der Waals surface area (Å²) in [7, 11) is 0. The number of hydrogen-bond acceptors (Lipinski definition) is 2. The molecule has 2 amide bonds. The Kier molecular flexibility index (Phi) is 5.72. The summed E-state index contributed by atoms with van der Waals surface area (Å²) in [5.74, 6) is -0.177. The predicted molar refractivity (Wildman–Crippen MR) is 86.9 cm³/mol. The van der Waals surface area contributed by atoms with Gasteiger partial charge in [-0.1, -0.05) is 36.4 Å².